The second kappa shape index (κ2) is 24.6. The van der Waals surface area contributed by atoms with E-state index in [4.69, 9.17) is 31.3 Å². The van der Waals surface area contributed by atoms with Crippen molar-refractivity contribution in [3.05, 3.63) is 86.5 Å². The number of aldehydes is 1. The van der Waals surface area contributed by atoms with Crippen LogP contribution in [-0.4, -0.2) is 66.3 Å². The fourth-order valence-electron chi connectivity index (χ4n) is 5.45. The van der Waals surface area contributed by atoms with E-state index in [0.29, 0.717) is 33.4 Å². The monoisotopic (exact) mass is 979 g/mol. The van der Waals surface area contributed by atoms with Crippen LogP contribution in [0.25, 0.3) is 0 Å². The highest BCUT2D eigenvalue weighted by atomic mass is 35.7. The number of alkyl halides is 3. The third-order valence-corrected chi connectivity index (χ3v) is 11.4. The molecule has 0 fully saturated rings. The van der Waals surface area contributed by atoms with Gasteiger partial charge in [-0.15, -0.1) is 4.28 Å². The predicted molar refractivity (Wildman–Crippen MR) is 228 cm³/mol. The van der Waals surface area contributed by atoms with Crippen LogP contribution < -0.4 is 16.9 Å². The van der Waals surface area contributed by atoms with Gasteiger partial charge in [0.25, 0.3) is 9.05 Å². The van der Waals surface area contributed by atoms with Crippen molar-refractivity contribution in [1.29, 1.82) is 0 Å². The number of nitrogens with two attached hydrogens (primary N) is 1. The van der Waals surface area contributed by atoms with Crippen molar-refractivity contribution < 1.29 is 76.1 Å². The summed E-state index contributed by atoms with van der Waals surface area (Å²) in [6, 6.07) is 10.6. The maximum Gasteiger partial charge on any atom is 0.446 e. The lowest BCUT2D eigenvalue weighted by Crippen LogP contribution is -2.34. The third-order valence-electron chi connectivity index (χ3n) is 6.94. The van der Waals surface area contributed by atoms with Crippen LogP contribution in [0.2, 0.25) is 0 Å². The van der Waals surface area contributed by atoms with Crippen molar-refractivity contribution in [2.45, 2.75) is 136 Å². The lowest BCUT2D eigenvalue weighted by Gasteiger charge is -2.19. The van der Waals surface area contributed by atoms with Gasteiger partial charge in [-0.2, -0.15) is 45.7 Å². The summed E-state index contributed by atoms with van der Waals surface area (Å²) in [5.41, 5.74) is 8.67. The van der Waals surface area contributed by atoms with Gasteiger partial charge in [-0.3, -0.25) is 10.0 Å². The lowest BCUT2D eigenvalue weighted by atomic mass is 10.1. The number of ether oxygens (including phenoxy) is 2. The number of nitrogens with one attached hydrogen (secondary N) is 2. The fourth-order valence-corrected chi connectivity index (χ4v) is 9.24. The minimum absolute atomic E-state index is 0.0455. The number of hydrogen-bond donors (Lipinski definition) is 4. The molecule has 5 N–H and O–H groups in total. The van der Waals surface area contributed by atoms with E-state index in [2.05, 4.69) is 13.3 Å². The summed E-state index contributed by atoms with van der Waals surface area (Å²) in [5, 5.41) is 7.97. The largest absolute Gasteiger partial charge is 0.446 e. The summed E-state index contributed by atoms with van der Waals surface area (Å²) in [6.07, 6.45) is -7.50. The van der Waals surface area contributed by atoms with Gasteiger partial charge in [-0.05, 0) is 137 Å². The summed E-state index contributed by atoms with van der Waals surface area (Å²) >= 11 is 0. The molecule has 0 aliphatic carbocycles. The number of aryl methyl sites for hydroxylation is 9. The minimum Gasteiger partial charge on any atom is -0.442 e. The van der Waals surface area contributed by atoms with Gasteiger partial charge in [0.15, 0.2) is 0 Å². The lowest BCUT2D eigenvalue weighted by molar-refractivity contribution is -0.156. The van der Waals surface area contributed by atoms with E-state index >= 15 is 0 Å². The molecule has 17 nitrogen and oxygen atoms in total. The second-order valence-electron chi connectivity index (χ2n) is 15.6. The van der Waals surface area contributed by atoms with Gasteiger partial charge in [0.1, 0.15) is 21.0 Å². The van der Waals surface area contributed by atoms with Crippen LogP contribution in [0, 0.1) is 62.3 Å². The van der Waals surface area contributed by atoms with Crippen LogP contribution in [0.1, 0.15) is 91.6 Å². The molecule has 3 aromatic carbocycles. The number of rotatable bonds is 6. The second-order valence-corrected chi connectivity index (χ2v) is 21.1. The number of halogens is 4. The number of carbonyl (C=O) groups excluding carboxylic acids is 3. The standard InChI is InChI=1S/C14H21NO5S.C9H11ClO2S.C9H13NO3S.C5H11NO3.C2HF3O/c1-9-7-10(2)12(11(3)8-9)21(17,18)20-15-13(16)19-14(4,5)6;1-6-4-7(2)9(8(3)5-6)13(10,11)12;1-6-4-7(2)9(8(3)5-6)14(11,12)13-10;1-5(2,3)9-4(7)6-8;3-2(4,5)1-6/h7-8H,1-6H3,(H,15,16);4-5H,1-3H3;4-5H,10H2,1-3H3;8H,1-3H3,(H,6,7);1H. The van der Waals surface area contributed by atoms with Crippen molar-refractivity contribution in [3.63, 3.8) is 0 Å². The van der Waals surface area contributed by atoms with E-state index in [1.807, 2.05) is 32.9 Å². The van der Waals surface area contributed by atoms with Crippen molar-refractivity contribution in [1.82, 2.24) is 11.0 Å². The Balaban J connectivity index is 0. The zero-order chi connectivity index (χ0) is 50.3. The zero-order valence-electron chi connectivity index (χ0n) is 37.6. The first kappa shape index (κ1) is 60.7. The summed E-state index contributed by atoms with van der Waals surface area (Å²) in [7, 11) is -6.21. The molecule has 0 aliphatic heterocycles. The van der Waals surface area contributed by atoms with E-state index in [1.165, 1.54) is 5.48 Å². The highest BCUT2D eigenvalue weighted by Gasteiger charge is 2.26. The van der Waals surface area contributed by atoms with Crippen LogP contribution in [0.15, 0.2) is 51.1 Å². The van der Waals surface area contributed by atoms with Gasteiger partial charge < -0.3 is 9.47 Å². The van der Waals surface area contributed by atoms with E-state index in [1.54, 1.807) is 113 Å². The summed E-state index contributed by atoms with van der Waals surface area (Å²) in [5.74, 6) is 4.73. The van der Waals surface area contributed by atoms with Crippen molar-refractivity contribution in [2.75, 3.05) is 0 Å². The Hall–Kier alpha value is -4.36. The van der Waals surface area contributed by atoms with E-state index in [9.17, 15) is 48.0 Å². The number of amides is 2. The SMILES string of the molecule is CC(C)(C)OC(=O)NO.Cc1cc(C)c(S(=O)(=O)Cl)c(C)c1.Cc1cc(C)c(S(=O)(=O)ON)c(C)c1.Cc1cc(C)c(S(=O)(=O)ONC(=O)OC(C)(C)C)c(C)c1.O=CC(F)(F)F. The molecule has 0 saturated heterocycles. The van der Waals surface area contributed by atoms with Crippen LogP contribution in [0.5, 0.6) is 0 Å². The molecule has 2 amide bonds. The zero-order valence-corrected chi connectivity index (χ0v) is 40.8. The molecule has 358 valence electrons. The topological polar surface area (TPSA) is 261 Å². The van der Waals surface area contributed by atoms with Crippen molar-refractivity contribution in [2.24, 2.45) is 5.90 Å². The Kier molecular flexibility index (Phi) is 23.7. The minimum atomic E-state index is -4.64. The van der Waals surface area contributed by atoms with Gasteiger partial charge in [0.05, 0.1) is 4.90 Å². The normalized spacial score (nSPS) is 11.6. The molecule has 0 aromatic heterocycles. The molecule has 0 radical (unpaired) electrons. The van der Waals surface area contributed by atoms with Gasteiger partial charge in [-0.25, -0.2) is 23.5 Å². The molecule has 63 heavy (non-hydrogen) atoms. The van der Waals surface area contributed by atoms with Crippen LogP contribution in [0.4, 0.5) is 22.8 Å². The Morgan fingerprint density at radius 3 is 1.10 bits per heavy atom. The molecular weight excluding hydrogens is 923 g/mol. The predicted octanol–water partition coefficient (Wildman–Crippen LogP) is 8.13. The fraction of sp³-hybridized carbons (Fsp3) is 0.462. The maximum absolute atomic E-state index is 12.2. The quantitative estimate of drug-likeness (QED) is 0.0786. The summed E-state index contributed by atoms with van der Waals surface area (Å²) in [6.45, 7) is 26.1. The van der Waals surface area contributed by atoms with Crippen molar-refractivity contribution in [3.8, 4) is 0 Å². The Bertz CT molecular complexity index is 2330. The molecule has 0 atom stereocenters. The number of benzene rings is 3. The third kappa shape index (κ3) is 24.3. The van der Waals surface area contributed by atoms with Gasteiger partial charge in [0, 0.05) is 10.7 Å². The Labute approximate surface area is 372 Å². The molecule has 24 heteroatoms. The smallest absolute Gasteiger partial charge is 0.442 e. The average molecular weight is 981 g/mol. The first-order chi connectivity index (χ1) is 28.1. The highest BCUT2D eigenvalue weighted by molar-refractivity contribution is 8.13. The first-order valence-electron chi connectivity index (χ1n) is 18.0. The number of carbonyl (C=O) groups is 3. The van der Waals surface area contributed by atoms with Gasteiger partial charge in [0.2, 0.25) is 6.29 Å². The molecule has 0 unspecified atom stereocenters. The molecule has 0 saturated carbocycles. The molecule has 3 aromatic rings. The van der Waals surface area contributed by atoms with E-state index < -0.39 is 65.1 Å². The molecular formula is C39H57ClF3N3O14S3. The van der Waals surface area contributed by atoms with Crippen LogP contribution in [0.3, 0.4) is 0 Å². The number of hydrogen-bond acceptors (Lipinski definition) is 15. The molecule has 0 heterocycles. The molecule has 3 rings (SSSR count). The number of hydroxylamine groups is 2. The molecule has 0 spiro atoms. The Morgan fingerprint density at radius 2 is 0.873 bits per heavy atom. The van der Waals surface area contributed by atoms with Crippen LogP contribution >= 0.6 is 10.7 Å². The Morgan fingerprint density at radius 1 is 0.603 bits per heavy atom. The van der Waals surface area contributed by atoms with Gasteiger partial charge >= 0.3 is 38.6 Å². The summed E-state index contributed by atoms with van der Waals surface area (Å²) in [4.78, 5) is 30.8. The molecule has 0 bridgehead atoms. The highest BCUT2D eigenvalue weighted by Crippen LogP contribution is 2.26. The molecule has 0 aliphatic rings. The maximum atomic E-state index is 12.2. The van der Waals surface area contributed by atoms with Gasteiger partial charge in [-0.1, -0.05) is 53.1 Å². The van der Waals surface area contributed by atoms with E-state index in [0.717, 1.165) is 16.7 Å². The summed E-state index contributed by atoms with van der Waals surface area (Å²) < 4.78 is 119. The van der Waals surface area contributed by atoms with E-state index in [-0.39, 0.29) is 14.7 Å². The van der Waals surface area contributed by atoms with Crippen LogP contribution in [-0.2, 0) is 52.1 Å². The first-order valence-corrected chi connectivity index (χ1v) is 23.2. The average Bonchev–Trinajstić information content (AvgIpc) is 3.04. The van der Waals surface area contributed by atoms with Crippen molar-refractivity contribution >= 4 is 58.4 Å².